The number of amides is 4. The summed E-state index contributed by atoms with van der Waals surface area (Å²) in [4.78, 5) is 77.8. The minimum Gasteiger partial charge on any atom is -0.465 e. The molecular weight excluding hydrogens is 797 g/mol. The van der Waals surface area contributed by atoms with Gasteiger partial charge in [-0.25, -0.2) is 0 Å². The van der Waals surface area contributed by atoms with Gasteiger partial charge in [-0.05, 0) is 92.0 Å². The quantitative estimate of drug-likeness (QED) is 0.142. The molecule has 5 atom stereocenters. The third-order valence-corrected chi connectivity index (χ3v) is 13.3. The van der Waals surface area contributed by atoms with Gasteiger partial charge in [0.05, 0.1) is 35.9 Å². The van der Waals surface area contributed by atoms with Crippen molar-refractivity contribution in [2.24, 2.45) is 23.2 Å². The molecule has 7 rings (SSSR count). The van der Waals surface area contributed by atoms with Crippen LogP contribution in [0.3, 0.4) is 0 Å². The van der Waals surface area contributed by atoms with Gasteiger partial charge in [-0.2, -0.15) is 0 Å². The number of esters is 1. The number of ether oxygens (including phenoxy) is 2. The normalized spacial score (nSPS) is 21.4. The van der Waals surface area contributed by atoms with Crippen LogP contribution < -0.4 is 5.32 Å². The number of likely N-dealkylation sites (tertiary alicyclic amines) is 1. The van der Waals surface area contributed by atoms with Gasteiger partial charge in [0.1, 0.15) is 12.1 Å². The molecule has 6 bridgehead atoms. The zero-order valence-corrected chi connectivity index (χ0v) is 38.2. The number of piperidine rings is 1. The Kier molecular flexibility index (Phi) is 13.7. The molecule has 4 aromatic rings. The van der Waals surface area contributed by atoms with Crippen LogP contribution in [0.25, 0.3) is 33.3 Å². The molecule has 4 amide bonds. The lowest BCUT2D eigenvalue weighted by Gasteiger charge is -2.36. The van der Waals surface area contributed by atoms with E-state index in [1.54, 1.807) is 30.2 Å². The molecule has 2 saturated heterocycles. The van der Waals surface area contributed by atoms with E-state index < -0.39 is 35.2 Å². The average Bonchev–Trinajstić information content (AvgIpc) is 3.89. The van der Waals surface area contributed by atoms with Gasteiger partial charge < -0.3 is 34.1 Å². The first-order valence-corrected chi connectivity index (χ1v) is 22.6. The van der Waals surface area contributed by atoms with Gasteiger partial charge in [0.25, 0.3) is 0 Å². The van der Waals surface area contributed by atoms with Gasteiger partial charge in [-0.3, -0.25) is 29.0 Å². The van der Waals surface area contributed by atoms with Crippen LogP contribution in [0, 0.1) is 23.2 Å². The number of likely N-dealkylation sites (N-methyl/N-ethyl adjacent to an activating group) is 1. The Hall–Kier alpha value is -5.56. The molecule has 3 aliphatic heterocycles. The van der Waals surface area contributed by atoms with Gasteiger partial charge in [0.2, 0.25) is 24.1 Å². The number of nitrogens with one attached hydrogen (secondary N) is 1. The molecule has 2 fully saturated rings. The van der Waals surface area contributed by atoms with E-state index in [0.29, 0.717) is 51.9 Å². The van der Waals surface area contributed by atoms with Crippen LogP contribution in [0.4, 0.5) is 0 Å². The third-order valence-electron chi connectivity index (χ3n) is 13.3. The Morgan fingerprint density at radius 2 is 1.81 bits per heavy atom. The molecule has 63 heavy (non-hydrogen) atoms. The first-order valence-electron chi connectivity index (χ1n) is 22.6. The van der Waals surface area contributed by atoms with Crippen molar-refractivity contribution in [2.45, 2.75) is 98.4 Å². The van der Waals surface area contributed by atoms with Crippen LogP contribution in [-0.2, 0) is 52.8 Å². The second-order valence-electron chi connectivity index (χ2n) is 18.9. The smallest absolute Gasteiger partial charge is 0.310 e. The van der Waals surface area contributed by atoms with Gasteiger partial charge in [0, 0.05) is 81.4 Å². The number of methoxy groups -OCH3 is 1. The van der Waals surface area contributed by atoms with Crippen LogP contribution in [0.5, 0.6) is 0 Å². The number of fused-ring (bicyclic) bond motifs is 6. The molecule has 5 unspecified atom stereocenters. The fourth-order valence-corrected chi connectivity index (χ4v) is 9.98. The summed E-state index contributed by atoms with van der Waals surface area (Å²) in [6.45, 7) is 14.5. The van der Waals surface area contributed by atoms with E-state index in [2.05, 4.69) is 67.1 Å². The molecule has 5 heterocycles. The summed E-state index contributed by atoms with van der Waals surface area (Å²) < 4.78 is 14.3. The summed E-state index contributed by atoms with van der Waals surface area (Å²) in [5.41, 5.74) is 7.48. The summed E-state index contributed by atoms with van der Waals surface area (Å²) in [5, 5.41) is 4.19. The van der Waals surface area contributed by atoms with Crippen molar-refractivity contribution in [1.29, 1.82) is 0 Å². The predicted octanol–water partition coefficient (Wildman–Crippen LogP) is 6.45. The number of cyclic esters (lactones) is 1. The number of hydrogen-bond donors (Lipinski definition) is 1. The number of carbonyl (C=O) groups excluding carboxylic acids is 5. The molecule has 0 saturated carbocycles. The highest BCUT2D eigenvalue weighted by atomic mass is 16.5. The first-order chi connectivity index (χ1) is 30.1. The van der Waals surface area contributed by atoms with E-state index in [4.69, 9.17) is 14.5 Å². The van der Waals surface area contributed by atoms with Gasteiger partial charge in [-0.1, -0.05) is 58.0 Å². The monoisotopic (exact) mass is 860 g/mol. The molecule has 0 spiro atoms. The molecule has 336 valence electrons. The van der Waals surface area contributed by atoms with E-state index in [1.807, 2.05) is 39.0 Å². The van der Waals surface area contributed by atoms with E-state index in [1.165, 1.54) is 4.90 Å². The highest BCUT2D eigenvalue weighted by Crippen LogP contribution is 2.42. The highest BCUT2D eigenvalue weighted by molar-refractivity contribution is 5.96. The van der Waals surface area contributed by atoms with Crippen LogP contribution in [0.1, 0.15) is 83.7 Å². The SMILES string of the molecule is CCn1c(-c2cccnc2C(C)OC)c2c3cc(ccc31)-c1cccc(c1)CC(NC(=O)C(C(C)C)N(C)C(=O)C1CCN(C=O)C1)C(=O)N1CCCC(C1)C(=O)OCC(C)(C)C2. The standard InChI is InChI=1S/C50H64N6O7/c1-9-56-42-18-17-35-25-39(42)40(45(56)38-16-11-20-51-43(38)32(4)62-8)26-50(5,6)29-63-49(61)37-15-12-21-55(28-37)48(60)41(24-33-13-10-14-34(35)23-33)52-46(58)44(31(2)3)53(7)47(59)36-19-22-54(27-36)30-57/h10-11,13-14,16-18,20,23,25,30-32,36-37,41,44H,9,12,15,19,21-22,24,26-29H2,1-8H3,(H,52,58). The van der Waals surface area contributed by atoms with Crippen molar-refractivity contribution >= 4 is 41.0 Å². The molecule has 1 N–H and O–H groups in total. The molecule has 3 aliphatic rings. The van der Waals surface area contributed by atoms with Crippen molar-refractivity contribution < 1.29 is 33.4 Å². The first kappa shape index (κ1) is 45.5. The van der Waals surface area contributed by atoms with E-state index in [-0.39, 0.29) is 49.4 Å². The van der Waals surface area contributed by atoms with E-state index in [0.717, 1.165) is 56.5 Å². The average molecular weight is 861 g/mol. The second kappa shape index (κ2) is 19.0. The summed E-state index contributed by atoms with van der Waals surface area (Å²) in [5.74, 6) is -2.44. The van der Waals surface area contributed by atoms with Crippen LogP contribution in [-0.4, -0.2) is 113 Å². The Balaban J connectivity index is 1.31. The van der Waals surface area contributed by atoms with Crippen molar-refractivity contribution in [2.75, 3.05) is 46.9 Å². The number of nitrogens with zero attached hydrogens (tertiary/aromatic N) is 5. The topological polar surface area (TPSA) is 143 Å². The van der Waals surface area contributed by atoms with E-state index >= 15 is 0 Å². The molecule has 0 aliphatic carbocycles. The van der Waals surface area contributed by atoms with Gasteiger partial charge >= 0.3 is 5.97 Å². The second-order valence-corrected chi connectivity index (χ2v) is 18.9. The largest absolute Gasteiger partial charge is 0.465 e. The molecule has 2 aromatic heterocycles. The number of rotatable bonds is 10. The molecule has 13 nitrogen and oxygen atoms in total. The van der Waals surface area contributed by atoms with E-state index in [9.17, 15) is 24.0 Å². The van der Waals surface area contributed by atoms with Gasteiger partial charge in [-0.15, -0.1) is 0 Å². The van der Waals surface area contributed by atoms with Crippen molar-refractivity contribution in [3.8, 4) is 22.4 Å². The zero-order valence-electron chi connectivity index (χ0n) is 38.2. The Morgan fingerprint density at radius 1 is 1.03 bits per heavy atom. The maximum atomic E-state index is 14.7. The molecular formula is C50H64N6O7. The van der Waals surface area contributed by atoms with Crippen LogP contribution >= 0.6 is 0 Å². The van der Waals surface area contributed by atoms with Crippen LogP contribution in [0.15, 0.2) is 60.8 Å². The van der Waals surface area contributed by atoms with Crippen molar-refractivity contribution in [3.63, 3.8) is 0 Å². The zero-order chi connectivity index (χ0) is 45.2. The highest BCUT2D eigenvalue weighted by Gasteiger charge is 2.40. The van der Waals surface area contributed by atoms with Crippen molar-refractivity contribution in [1.82, 2.24) is 29.6 Å². The lowest BCUT2D eigenvalue weighted by atomic mass is 9.84. The number of aromatic nitrogens is 2. The predicted molar refractivity (Wildman–Crippen MR) is 242 cm³/mol. The maximum absolute atomic E-state index is 14.7. The number of benzene rings is 2. The summed E-state index contributed by atoms with van der Waals surface area (Å²) in [7, 11) is 3.32. The third kappa shape index (κ3) is 9.54. The summed E-state index contributed by atoms with van der Waals surface area (Å²) >= 11 is 0. The summed E-state index contributed by atoms with van der Waals surface area (Å²) in [6, 6.07) is 16.9. The number of aryl methyl sites for hydroxylation is 1. The van der Waals surface area contributed by atoms with Crippen LogP contribution in [0.2, 0.25) is 0 Å². The fraction of sp³-hybridized carbons (Fsp3) is 0.520. The maximum Gasteiger partial charge on any atom is 0.310 e. The number of hydrogen-bond acceptors (Lipinski definition) is 8. The minimum atomic E-state index is -0.972. The number of pyridine rings is 1. The van der Waals surface area contributed by atoms with Gasteiger partial charge in [0.15, 0.2) is 0 Å². The molecule has 0 radical (unpaired) electrons. The lowest BCUT2D eigenvalue weighted by molar-refractivity contribution is -0.155. The van der Waals surface area contributed by atoms with Crippen molar-refractivity contribution in [3.05, 3.63) is 77.6 Å². The fourth-order valence-electron chi connectivity index (χ4n) is 9.98. The lowest BCUT2D eigenvalue weighted by Crippen LogP contribution is -2.58. The summed E-state index contributed by atoms with van der Waals surface area (Å²) in [6.07, 6.45) is 4.86. The Morgan fingerprint density at radius 3 is 2.52 bits per heavy atom. The number of carbonyl (C=O) groups is 5. The Bertz CT molecular complexity index is 2350. The Labute approximate surface area is 371 Å². The minimum absolute atomic E-state index is 0.181. The molecule has 13 heteroatoms. The molecule has 2 aromatic carbocycles.